The molecule has 1 fully saturated rings. The Morgan fingerprint density at radius 2 is 2.20 bits per heavy atom. The zero-order valence-electron chi connectivity index (χ0n) is 14.3. The minimum Gasteiger partial charge on any atom is -0.438 e. The summed E-state index contributed by atoms with van der Waals surface area (Å²) >= 11 is 0. The van der Waals surface area contributed by atoms with Crippen molar-refractivity contribution < 1.29 is 9.21 Å². The zero-order chi connectivity index (χ0) is 17.2. The van der Waals surface area contributed by atoms with Crippen LogP contribution in [0.1, 0.15) is 34.7 Å². The Kier molecular flexibility index (Phi) is 4.22. The number of aromatic nitrogens is 2. The van der Waals surface area contributed by atoms with Crippen molar-refractivity contribution in [2.24, 2.45) is 5.92 Å². The van der Waals surface area contributed by atoms with Gasteiger partial charge >= 0.3 is 0 Å². The Hall–Kier alpha value is -2.69. The van der Waals surface area contributed by atoms with E-state index in [0.717, 1.165) is 37.9 Å². The number of nitrogens with zero attached hydrogens (tertiary/aromatic N) is 3. The van der Waals surface area contributed by atoms with Gasteiger partial charge in [0.1, 0.15) is 0 Å². The number of fused-ring (bicyclic) bond motifs is 1. The number of pyridine rings is 1. The smallest absolute Gasteiger partial charge is 0.291 e. The second-order valence-electron chi connectivity index (χ2n) is 6.72. The normalized spacial score (nSPS) is 17.8. The van der Waals surface area contributed by atoms with Crippen LogP contribution in [-0.4, -0.2) is 33.9 Å². The molecule has 3 heterocycles. The zero-order valence-corrected chi connectivity index (χ0v) is 14.3. The average Bonchev–Trinajstić information content (AvgIpc) is 3.08. The summed E-state index contributed by atoms with van der Waals surface area (Å²) in [5.41, 5.74) is 2.99. The highest BCUT2D eigenvalue weighted by molar-refractivity contribution is 5.92. The van der Waals surface area contributed by atoms with Gasteiger partial charge in [0.05, 0.1) is 11.2 Å². The summed E-state index contributed by atoms with van der Waals surface area (Å²) in [6, 6.07) is 10.4. The molecule has 0 radical (unpaired) electrons. The van der Waals surface area contributed by atoms with Crippen LogP contribution < -0.4 is 0 Å². The molecule has 0 aliphatic carbocycles. The van der Waals surface area contributed by atoms with Gasteiger partial charge in [0.15, 0.2) is 6.39 Å². The fraction of sp³-hybridized carbons (Fsp3) is 0.350. The molecule has 1 aromatic carbocycles. The van der Waals surface area contributed by atoms with Gasteiger partial charge in [-0.05, 0) is 49.8 Å². The lowest BCUT2D eigenvalue weighted by molar-refractivity contribution is 0.0640. The van der Waals surface area contributed by atoms with Crippen molar-refractivity contribution in [2.75, 3.05) is 13.1 Å². The van der Waals surface area contributed by atoms with Crippen LogP contribution in [0.4, 0.5) is 0 Å². The molecule has 0 unspecified atom stereocenters. The van der Waals surface area contributed by atoms with Crippen molar-refractivity contribution in [3.05, 3.63) is 59.9 Å². The predicted octanol–water partition coefficient (Wildman–Crippen LogP) is 3.63. The summed E-state index contributed by atoms with van der Waals surface area (Å²) in [4.78, 5) is 23.1. The number of piperidine rings is 1. The lowest BCUT2D eigenvalue weighted by Crippen LogP contribution is -2.40. The van der Waals surface area contributed by atoms with Crippen molar-refractivity contribution in [1.29, 1.82) is 0 Å². The van der Waals surface area contributed by atoms with E-state index in [4.69, 9.17) is 4.42 Å². The van der Waals surface area contributed by atoms with Crippen LogP contribution in [0.25, 0.3) is 10.9 Å². The molecule has 5 nitrogen and oxygen atoms in total. The molecule has 4 rings (SSSR count). The number of carbonyl (C=O) groups is 1. The molecule has 128 valence electrons. The summed E-state index contributed by atoms with van der Waals surface area (Å²) in [7, 11) is 0. The van der Waals surface area contributed by atoms with Crippen LogP contribution in [0.15, 0.2) is 47.3 Å². The van der Waals surface area contributed by atoms with E-state index in [1.54, 1.807) is 6.92 Å². The Morgan fingerprint density at radius 1 is 1.28 bits per heavy atom. The van der Waals surface area contributed by atoms with E-state index >= 15 is 0 Å². The SMILES string of the molecule is Cc1ncoc1C(=O)N1CCC[C@H](Cc2cccc3ncccc23)C1. The van der Waals surface area contributed by atoms with Crippen LogP contribution in [0.3, 0.4) is 0 Å². The molecule has 1 aliphatic heterocycles. The van der Waals surface area contributed by atoms with Gasteiger partial charge in [-0.1, -0.05) is 18.2 Å². The van der Waals surface area contributed by atoms with Crippen molar-refractivity contribution in [3.63, 3.8) is 0 Å². The summed E-state index contributed by atoms with van der Waals surface area (Å²) in [5, 5.41) is 1.21. The van der Waals surface area contributed by atoms with Crippen LogP contribution in [0.5, 0.6) is 0 Å². The van der Waals surface area contributed by atoms with Crippen LogP contribution >= 0.6 is 0 Å². The van der Waals surface area contributed by atoms with Gasteiger partial charge in [-0.2, -0.15) is 0 Å². The lowest BCUT2D eigenvalue weighted by Gasteiger charge is -2.32. The number of oxazole rings is 1. The molecule has 25 heavy (non-hydrogen) atoms. The molecule has 1 saturated heterocycles. The molecule has 5 heteroatoms. The predicted molar refractivity (Wildman–Crippen MR) is 95.3 cm³/mol. The maximum absolute atomic E-state index is 12.7. The number of likely N-dealkylation sites (tertiary alicyclic amines) is 1. The number of hydrogen-bond donors (Lipinski definition) is 0. The van der Waals surface area contributed by atoms with Crippen molar-refractivity contribution in [3.8, 4) is 0 Å². The van der Waals surface area contributed by atoms with E-state index in [9.17, 15) is 4.79 Å². The second-order valence-corrected chi connectivity index (χ2v) is 6.72. The number of benzene rings is 1. The Bertz CT molecular complexity index is 897. The van der Waals surface area contributed by atoms with Crippen molar-refractivity contribution >= 4 is 16.8 Å². The third-order valence-electron chi connectivity index (χ3n) is 4.99. The fourth-order valence-corrected chi connectivity index (χ4v) is 3.72. The second kappa shape index (κ2) is 6.67. The molecular formula is C20H21N3O2. The third-order valence-corrected chi connectivity index (χ3v) is 4.99. The largest absolute Gasteiger partial charge is 0.438 e. The van der Waals surface area contributed by atoms with Gasteiger partial charge in [0, 0.05) is 24.7 Å². The van der Waals surface area contributed by atoms with E-state index in [2.05, 4.69) is 28.2 Å². The molecule has 0 spiro atoms. The fourth-order valence-electron chi connectivity index (χ4n) is 3.72. The first-order chi connectivity index (χ1) is 12.2. The highest BCUT2D eigenvalue weighted by Gasteiger charge is 2.27. The molecule has 0 N–H and O–H groups in total. The molecular weight excluding hydrogens is 314 g/mol. The minimum absolute atomic E-state index is 0.0423. The summed E-state index contributed by atoms with van der Waals surface area (Å²) in [5.74, 6) is 0.779. The standard InChI is InChI=1S/C20H21N3O2/c1-14-19(25-13-22-14)20(24)23-10-4-5-15(12-23)11-16-6-2-8-18-17(16)7-3-9-21-18/h2-3,6-9,13,15H,4-5,10-12H2,1H3/t15-/m1/s1. The molecule has 1 atom stereocenters. The van der Waals surface area contributed by atoms with E-state index in [1.165, 1.54) is 17.3 Å². The topological polar surface area (TPSA) is 59.2 Å². The Balaban J connectivity index is 1.52. The molecule has 0 saturated carbocycles. The van der Waals surface area contributed by atoms with E-state index in [1.807, 2.05) is 23.2 Å². The van der Waals surface area contributed by atoms with E-state index in [-0.39, 0.29) is 5.91 Å². The highest BCUT2D eigenvalue weighted by atomic mass is 16.3. The Labute approximate surface area is 146 Å². The molecule has 1 aliphatic rings. The van der Waals surface area contributed by atoms with E-state index in [0.29, 0.717) is 17.4 Å². The number of hydrogen-bond acceptors (Lipinski definition) is 4. The van der Waals surface area contributed by atoms with Crippen molar-refractivity contribution in [2.45, 2.75) is 26.2 Å². The number of carbonyl (C=O) groups excluding carboxylic acids is 1. The van der Waals surface area contributed by atoms with E-state index < -0.39 is 0 Å². The average molecular weight is 335 g/mol. The molecule has 3 aromatic rings. The van der Waals surface area contributed by atoms with Crippen LogP contribution in [0.2, 0.25) is 0 Å². The van der Waals surface area contributed by atoms with Gasteiger partial charge in [-0.25, -0.2) is 4.98 Å². The van der Waals surface area contributed by atoms with Crippen molar-refractivity contribution in [1.82, 2.24) is 14.9 Å². The van der Waals surface area contributed by atoms with Gasteiger partial charge in [0.2, 0.25) is 5.76 Å². The van der Waals surface area contributed by atoms with Crippen LogP contribution in [0, 0.1) is 12.8 Å². The van der Waals surface area contributed by atoms with Gasteiger partial charge in [-0.3, -0.25) is 9.78 Å². The summed E-state index contributed by atoms with van der Waals surface area (Å²) in [6.07, 6.45) is 6.28. The van der Waals surface area contributed by atoms with Gasteiger partial charge in [-0.15, -0.1) is 0 Å². The maximum Gasteiger partial charge on any atom is 0.291 e. The first-order valence-corrected chi connectivity index (χ1v) is 8.74. The monoisotopic (exact) mass is 335 g/mol. The molecule has 2 aromatic heterocycles. The Morgan fingerprint density at radius 3 is 3.04 bits per heavy atom. The van der Waals surface area contributed by atoms with Gasteiger partial charge in [0.25, 0.3) is 5.91 Å². The lowest BCUT2D eigenvalue weighted by atomic mass is 9.89. The first kappa shape index (κ1) is 15.8. The summed E-state index contributed by atoms with van der Waals surface area (Å²) in [6.45, 7) is 3.35. The quantitative estimate of drug-likeness (QED) is 0.733. The molecule has 1 amide bonds. The number of aryl methyl sites for hydroxylation is 1. The third kappa shape index (κ3) is 3.14. The van der Waals surface area contributed by atoms with Crippen LogP contribution in [-0.2, 0) is 6.42 Å². The summed E-state index contributed by atoms with van der Waals surface area (Å²) < 4.78 is 5.28. The highest BCUT2D eigenvalue weighted by Crippen LogP contribution is 2.26. The van der Waals surface area contributed by atoms with Gasteiger partial charge < -0.3 is 9.32 Å². The number of amides is 1. The number of rotatable bonds is 3. The molecule has 0 bridgehead atoms. The first-order valence-electron chi connectivity index (χ1n) is 8.74. The minimum atomic E-state index is -0.0423. The maximum atomic E-state index is 12.7.